The largest absolute Gasteiger partial charge is 0.424 e. The van der Waals surface area contributed by atoms with Crippen molar-refractivity contribution in [3.8, 4) is 11.3 Å². The van der Waals surface area contributed by atoms with Gasteiger partial charge in [0, 0.05) is 23.1 Å². The first kappa shape index (κ1) is 24.1. The van der Waals surface area contributed by atoms with E-state index in [2.05, 4.69) is 9.72 Å². The standard InChI is InChI=1S/C18H9Cl3F3N3O4S/c19-18(20,21)31-16(28)26(12-5-2-4-11(8-12)17(22,23)24)15-25-14(9-32-15)10-3-1-6-13(7-10)27(29)30/h1-9H. The van der Waals surface area contributed by atoms with Gasteiger partial charge in [0.15, 0.2) is 5.13 Å². The molecule has 0 saturated carbocycles. The van der Waals surface area contributed by atoms with Gasteiger partial charge >= 0.3 is 16.2 Å². The van der Waals surface area contributed by atoms with Crippen LogP contribution in [0.5, 0.6) is 0 Å². The Morgan fingerprint density at radius 1 is 1.12 bits per heavy atom. The van der Waals surface area contributed by atoms with Crippen LogP contribution in [0, 0.1) is 10.1 Å². The van der Waals surface area contributed by atoms with Crippen LogP contribution in [0.2, 0.25) is 0 Å². The molecule has 3 rings (SSSR count). The molecular formula is C18H9Cl3F3N3O4S. The Kier molecular flexibility index (Phi) is 6.84. The quantitative estimate of drug-likeness (QED) is 0.202. The molecule has 0 radical (unpaired) electrons. The monoisotopic (exact) mass is 525 g/mol. The molecule has 0 bridgehead atoms. The number of halogens is 6. The van der Waals surface area contributed by atoms with E-state index in [0.29, 0.717) is 16.5 Å². The lowest BCUT2D eigenvalue weighted by Gasteiger charge is -2.22. The molecule has 0 aliphatic heterocycles. The third-order valence-electron chi connectivity index (χ3n) is 3.85. The van der Waals surface area contributed by atoms with Crippen molar-refractivity contribution in [2.45, 2.75) is 10.2 Å². The molecule has 0 unspecified atom stereocenters. The Morgan fingerprint density at radius 3 is 2.44 bits per heavy atom. The predicted molar refractivity (Wildman–Crippen MR) is 115 cm³/mol. The number of nitro benzene ring substituents is 1. The first-order valence-corrected chi connectivity index (χ1v) is 10.3. The van der Waals surface area contributed by atoms with Gasteiger partial charge in [0.05, 0.1) is 21.9 Å². The van der Waals surface area contributed by atoms with Crippen LogP contribution >= 0.6 is 46.1 Å². The van der Waals surface area contributed by atoms with Crippen molar-refractivity contribution < 1.29 is 27.6 Å². The average Bonchev–Trinajstić information content (AvgIpc) is 3.16. The summed E-state index contributed by atoms with van der Waals surface area (Å²) in [6.07, 6.45) is -5.98. The molecule has 0 saturated heterocycles. The van der Waals surface area contributed by atoms with Crippen LogP contribution in [-0.2, 0) is 10.9 Å². The molecule has 14 heteroatoms. The Hall–Kier alpha value is -2.60. The molecule has 1 heterocycles. The second kappa shape index (κ2) is 9.10. The Balaban J connectivity index is 2.07. The number of nitrogens with zero attached hydrogens (tertiary/aromatic N) is 3. The van der Waals surface area contributed by atoms with Gasteiger partial charge in [-0.1, -0.05) is 18.2 Å². The number of ether oxygens (including phenoxy) is 1. The molecule has 3 aromatic rings. The van der Waals surface area contributed by atoms with Crippen LogP contribution in [0.3, 0.4) is 0 Å². The van der Waals surface area contributed by atoms with Crippen molar-refractivity contribution in [3.63, 3.8) is 0 Å². The molecule has 1 amide bonds. The fourth-order valence-corrected chi connectivity index (χ4v) is 3.58. The number of hydrogen-bond donors (Lipinski definition) is 0. The van der Waals surface area contributed by atoms with Crippen LogP contribution in [0.15, 0.2) is 53.9 Å². The van der Waals surface area contributed by atoms with Crippen molar-refractivity contribution in [2.24, 2.45) is 0 Å². The van der Waals surface area contributed by atoms with E-state index < -0.39 is 26.7 Å². The zero-order valence-corrected chi connectivity index (χ0v) is 18.4. The van der Waals surface area contributed by atoms with Gasteiger partial charge in [0.25, 0.3) is 5.69 Å². The van der Waals surface area contributed by atoms with Crippen molar-refractivity contribution in [3.05, 3.63) is 69.6 Å². The second-order valence-electron chi connectivity index (χ2n) is 6.02. The lowest BCUT2D eigenvalue weighted by Crippen LogP contribution is -2.30. The minimum Gasteiger partial charge on any atom is -0.397 e. The number of hydrogen-bond acceptors (Lipinski definition) is 6. The van der Waals surface area contributed by atoms with E-state index in [1.807, 2.05) is 0 Å². The van der Waals surface area contributed by atoms with Crippen molar-refractivity contribution in [1.82, 2.24) is 4.98 Å². The Bertz CT molecular complexity index is 1170. The lowest BCUT2D eigenvalue weighted by atomic mass is 10.1. The van der Waals surface area contributed by atoms with E-state index in [9.17, 15) is 28.1 Å². The normalized spacial score (nSPS) is 11.8. The highest BCUT2D eigenvalue weighted by Gasteiger charge is 2.34. The number of thiazole rings is 1. The Labute approximate surface area is 197 Å². The maximum absolute atomic E-state index is 13.2. The highest BCUT2D eigenvalue weighted by molar-refractivity contribution is 7.14. The molecule has 32 heavy (non-hydrogen) atoms. The van der Waals surface area contributed by atoms with E-state index in [1.165, 1.54) is 29.6 Å². The highest BCUT2D eigenvalue weighted by Crippen LogP contribution is 2.38. The number of carbonyl (C=O) groups is 1. The molecule has 1 aromatic heterocycles. The van der Waals surface area contributed by atoms with E-state index in [0.717, 1.165) is 23.5 Å². The third kappa shape index (κ3) is 5.80. The number of amides is 1. The van der Waals surface area contributed by atoms with E-state index in [-0.39, 0.29) is 22.2 Å². The zero-order valence-electron chi connectivity index (χ0n) is 15.3. The SMILES string of the molecule is O=C(OC(Cl)(Cl)Cl)N(c1cccc(C(F)(F)F)c1)c1nc(-c2cccc([N+](=O)[O-])c2)cs1. The number of carbonyl (C=O) groups excluding carboxylic acids is 1. The number of aromatic nitrogens is 1. The number of non-ortho nitro benzene ring substituents is 1. The van der Waals surface area contributed by atoms with Gasteiger partial charge in [-0.25, -0.2) is 14.7 Å². The molecule has 0 aliphatic rings. The maximum atomic E-state index is 13.2. The third-order valence-corrected chi connectivity index (χ3v) is 4.91. The molecule has 0 N–H and O–H groups in total. The van der Waals surface area contributed by atoms with Crippen LogP contribution < -0.4 is 4.90 Å². The molecule has 168 valence electrons. The van der Waals surface area contributed by atoms with E-state index in [4.69, 9.17) is 34.8 Å². The predicted octanol–water partition coefficient (Wildman–Crippen LogP) is 7.34. The summed E-state index contributed by atoms with van der Waals surface area (Å²) in [5.74, 6) is 0. The van der Waals surface area contributed by atoms with Gasteiger partial charge in [-0.2, -0.15) is 13.2 Å². The van der Waals surface area contributed by atoms with Crippen LogP contribution in [0.25, 0.3) is 11.3 Å². The molecule has 0 spiro atoms. The maximum Gasteiger partial charge on any atom is 0.424 e. The minimum atomic E-state index is -4.68. The first-order valence-electron chi connectivity index (χ1n) is 8.32. The molecule has 0 fully saturated rings. The molecule has 0 aliphatic carbocycles. The fourth-order valence-electron chi connectivity index (χ4n) is 2.54. The second-order valence-corrected chi connectivity index (χ2v) is 9.03. The Morgan fingerprint density at radius 2 is 1.81 bits per heavy atom. The van der Waals surface area contributed by atoms with Crippen LogP contribution in [0.1, 0.15) is 5.56 Å². The molecule has 0 atom stereocenters. The number of rotatable bonds is 4. The van der Waals surface area contributed by atoms with Gasteiger partial charge in [-0.15, -0.1) is 11.3 Å². The molecule has 2 aromatic carbocycles. The number of anilines is 2. The molecule has 7 nitrogen and oxygen atoms in total. The summed E-state index contributed by atoms with van der Waals surface area (Å²) in [5, 5.41) is 12.3. The van der Waals surface area contributed by atoms with Gasteiger partial charge in [0.2, 0.25) is 0 Å². The van der Waals surface area contributed by atoms with E-state index in [1.54, 1.807) is 6.07 Å². The average molecular weight is 527 g/mol. The highest BCUT2D eigenvalue weighted by atomic mass is 35.6. The van der Waals surface area contributed by atoms with Crippen molar-refractivity contribution >= 4 is 68.7 Å². The number of alkyl halides is 6. The summed E-state index contributed by atoms with van der Waals surface area (Å²) < 4.78 is 41.7. The van der Waals surface area contributed by atoms with Crippen molar-refractivity contribution in [1.29, 1.82) is 0 Å². The smallest absolute Gasteiger partial charge is 0.397 e. The lowest BCUT2D eigenvalue weighted by molar-refractivity contribution is -0.384. The summed E-state index contributed by atoms with van der Waals surface area (Å²) in [4.78, 5) is 28.0. The van der Waals surface area contributed by atoms with Gasteiger partial charge < -0.3 is 4.74 Å². The zero-order chi connectivity index (χ0) is 23.7. The van der Waals surface area contributed by atoms with Crippen LogP contribution in [-0.4, -0.2) is 20.0 Å². The minimum absolute atomic E-state index is 0.120. The first-order chi connectivity index (χ1) is 14.8. The number of nitro groups is 1. The molecular weight excluding hydrogens is 518 g/mol. The summed E-state index contributed by atoms with van der Waals surface area (Å²) in [5.41, 5.74) is -0.897. The topological polar surface area (TPSA) is 85.6 Å². The van der Waals surface area contributed by atoms with Gasteiger partial charge in [0.1, 0.15) is 0 Å². The number of benzene rings is 2. The van der Waals surface area contributed by atoms with E-state index >= 15 is 0 Å². The summed E-state index contributed by atoms with van der Waals surface area (Å²) in [6, 6.07) is 9.34. The van der Waals surface area contributed by atoms with Gasteiger partial charge in [-0.3, -0.25) is 10.1 Å². The van der Waals surface area contributed by atoms with Crippen molar-refractivity contribution in [2.75, 3.05) is 4.90 Å². The summed E-state index contributed by atoms with van der Waals surface area (Å²) in [6.45, 7) is 0. The fraction of sp³-hybridized carbons (Fsp3) is 0.111. The summed E-state index contributed by atoms with van der Waals surface area (Å²) in [7, 11) is 0. The summed E-state index contributed by atoms with van der Waals surface area (Å²) >= 11 is 17.4. The van der Waals surface area contributed by atoms with Crippen LogP contribution in [0.4, 0.5) is 34.5 Å². The van der Waals surface area contributed by atoms with Gasteiger partial charge in [-0.05, 0) is 53.0 Å².